The predicted molar refractivity (Wildman–Crippen MR) is 77.2 cm³/mol. The van der Waals surface area contributed by atoms with Crippen molar-refractivity contribution in [3.05, 3.63) is 35.7 Å². The van der Waals surface area contributed by atoms with Gasteiger partial charge in [0.15, 0.2) is 4.34 Å². The molecule has 2 N–H and O–H groups in total. The van der Waals surface area contributed by atoms with Crippen molar-refractivity contribution in [3.63, 3.8) is 0 Å². The molecule has 2 rings (SSSR count). The lowest BCUT2D eigenvalue weighted by Crippen LogP contribution is -2.21. The molecular formula is C13H17N3S2. The summed E-state index contributed by atoms with van der Waals surface area (Å²) in [6.07, 6.45) is 1.96. The fourth-order valence-electron chi connectivity index (χ4n) is 1.56. The SMILES string of the molecule is CCC(N)Cc1ccc(Sc2nc(C)ns2)cc1. The number of aryl methyl sites for hydroxylation is 1. The lowest BCUT2D eigenvalue weighted by molar-refractivity contribution is 0.646. The molecule has 96 valence electrons. The minimum atomic E-state index is 0.259. The van der Waals surface area contributed by atoms with E-state index in [1.54, 1.807) is 11.8 Å². The fraction of sp³-hybridized carbons (Fsp3) is 0.385. The summed E-state index contributed by atoms with van der Waals surface area (Å²) in [4.78, 5) is 5.53. The van der Waals surface area contributed by atoms with E-state index in [4.69, 9.17) is 5.73 Å². The van der Waals surface area contributed by atoms with Crippen LogP contribution in [-0.4, -0.2) is 15.4 Å². The van der Waals surface area contributed by atoms with Gasteiger partial charge in [-0.05, 0) is 49.0 Å². The van der Waals surface area contributed by atoms with Gasteiger partial charge in [0.2, 0.25) is 0 Å². The van der Waals surface area contributed by atoms with Crippen LogP contribution in [0.4, 0.5) is 0 Å². The highest BCUT2D eigenvalue weighted by molar-refractivity contribution is 8.01. The van der Waals surface area contributed by atoms with Gasteiger partial charge in [0.05, 0.1) is 0 Å². The van der Waals surface area contributed by atoms with Crippen molar-refractivity contribution in [3.8, 4) is 0 Å². The summed E-state index contributed by atoms with van der Waals surface area (Å²) in [5.74, 6) is 0.841. The molecule has 1 atom stereocenters. The Morgan fingerprint density at radius 3 is 2.61 bits per heavy atom. The molecule has 0 aliphatic carbocycles. The third-order valence-corrected chi connectivity index (χ3v) is 4.51. The van der Waals surface area contributed by atoms with Crippen molar-refractivity contribution in [2.45, 2.75) is 42.0 Å². The zero-order chi connectivity index (χ0) is 13.0. The highest BCUT2D eigenvalue weighted by Gasteiger charge is 2.04. The second-order valence-electron chi connectivity index (χ2n) is 4.23. The van der Waals surface area contributed by atoms with Crippen LogP contribution in [0, 0.1) is 6.92 Å². The summed E-state index contributed by atoms with van der Waals surface area (Å²) in [6, 6.07) is 8.80. The van der Waals surface area contributed by atoms with Gasteiger partial charge in [0.1, 0.15) is 5.82 Å². The molecule has 18 heavy (non-hydrogen) atoms. The number of aromatic nitrogens is 2. The predicted octanol–water partition coefficient (Wildman–Crippen LogP) is 3.28. The maximum absolute atomic E-state index is 5.95. The first-order valence-corrected chi connectivity index (χ1v) is 7.59. The third-order valence-electron chi connectivity index (χ3n) is 2.66. The van der Waals surface area contributed by atoms with Crippen molar-refractivity contribution < 1.29 is 0 Å². The number of nitrogens with two attached hydrogens (primary N) is 1. The van der Waals surface area contributed by atoms with Crippen molar-refractivity contribution in [2.75, 3.05) is 0 Å². The van der Waals surface area contributed by atoms with Crippen LogP contribution in [0.3, 0.4) is 0 Å². The molecule has 0 fully saturated rings. The first-order valence-electron chi connectivity index (χ1n) is 6.00. The number of hydrogen-bond donors (Lipinski definition) is 1. The van der Waals surface area contributed by atoms with E-state index in [-0.39, 0.29) is 6.04 Å². The van der Waals surface area contributed by atoms with Crippen molar-refractivity contribution in [1.29, 1.82) is 0 Å². The first-order chi connectivity index (χ1) is 8.67. The van der Waals surface area contributed by atoms with Crippen LogP contribution in [0.5, 0.6) is 0 Å². The second kappa shape index (κ2) is 6.31. The highest BCUT2D eigenvalue weighted by Crippen LogP contribution is 2.29. The van der Waals surface area contributed by atoms with Gasteiger partial charge in [-0.25, -0.2) is 4.98 Å². The highest BCUT2D eigenvalue weighted by atomic mass is 32.2. The molecule has 1 aromatic heterocycles. The van der Waals surface area contributed by atoms with Crippen molar-refractivity contribution >= 4 is 23.3 Å². The Kier molecular flexibility index (Phi) is 4.74. The standard InChI is InChI=1S/C13H17N3S2/c1-3-11(14)8-10-4-6-12(7-5-10)17-13-15-9(2)16-18-13/h4-7,11H,3,8,14H2,1-2H3. The normalized spacial score (nSPS) is 12.6. The molecule has 0 amide bonds. The van der Waals surface area contributed by atoms with Crippen LogP contribution in [-0.2, 0) is 6.42 Å². The zero-order valence-electron chi connectivity index (χ0n) is 10.6. The molecule has 1 aromatic carbocycles. The molecule has 1 unspecified atom stereocenters. The molecule has 0 radical (unpaired) electrons. The lowest BCUT2D eigenvalue weighted by atomic mass is 10.1. The molecule has 0 spiro atoms. The van der Waals surface area contributed by atoms with E-state index in [2.05, 4.69) is 40.5 Å². The largest absolute Gasteiger partial charge is 0.327 e. The molecule has 0 aliphatic rings. The second-order valence-corrected chi connectivity index (χ2v) is 6.30. The van der Waals surface area contributed by atoms with E-state index < -0.39 is 0 Å². The van der Waals surface area contributed by atoms with Crippen LogP contribution >= 0.6 is 23.3 Å². The number of hydrogen-bond acceptors (Lipinski definition) is 5. The molecule has 0 saturated heterocycles. The fourth-order valence-corrected chi connectivity index (χ4v) is 3.19. The average molecular weight is 279 g/mol. The molecule has 2 aromatic rings. The molecule has 0 saturated carbocycles. The lowest BCUT2D eigenvalue weighted by Gasteiger charge is -2.08. The van der Waals surface area contributed by atoms with Gasteiger partial charge < -0.3 is 5.73 Å². The Labute approximate surface area is 116 Å². The van der Waals surface area contributed by atoms with E-state index in [0.29, 0.717) is 0 Å². The molecular weight excluding hydrogens is 262 g/mol. The summed E-state index contributed by atoms with van der Waals surface area (Å²) >= 11 is 3.10. The Morgan fingerprint density at radius 1 is 1.33 bits per heavy atom. The monoisotopic (exact) mass is 279 g/mol. The van der Waals surface area contributed by atoms with E-state index in [9.17, 15) is 0 Å². The third kappa shape index (κ3) is 3.80. The van der Waals surface area contributed by atoms with Crippen LogP contribution in [0.25, 0.3) is 0 Å². The Morgan fingerprint density at radius 2 is 2.06 bits per heavy atom. The summed E-state index contributed by atoms with van der Waals surface area (Å²) in [7, 11) is 0. The summed E-state index contributed by atoms with van der Waals surface area (Å²) in [5.41, 5.74) is 7.24. The van der Waals surface area contributed by atoms with Crippen LogP contribution in [0.1, 0.15) is 24.7 Å². The average Bonchev–Trinajstić information content (AvgIpc) is 2.77. The maximum Gasteiger partial charge on any atom is 0.174 e. The quantitative estimate of drug-likeness (QED) is 0.912. The number of rotatable bonds is 5. The Hall–Kier alpha value is -0.910. The van der Waals surface area contributed by atoms with E-state index in [1.807, 2.05) is 6.92 Å². The summed E-state index contributed by atoms with van der Waals surface area (Å²) in [6.45, 7) is 4.03. The van der Waals surface area contributed by atoms with Gasteiger partial charge in [-0.2, -0.15) is 4.37 Å². The van der Waals surface area contributed by atoms with E-state index in [0.717, 1.165) is 23.0 Å². The smallest absolute Gasteiger partial charge is 0.174 e. The Balaban J connectivity index is 1.99. The van der Waals surface area contributed by atoms with Crippen LogP contribution in [0.15, 0.2) is 33.5 Å². The molecule has 0 bridgehead atoms. The van der Waals surface area contributed by atoms with Crippen LogP contribution < -0.4 is 5.73 Å². The van der Waals surface area contributed by atoms with E-state index >= 15 is 0 Å². The van der Waals surface area contributed by atoms with Gasteiger partial charge in [0, 0.05) is 10.9 Å². The minimum Gasteiger partial charge on any atom is -0.327 e. The zero-order valence-corrected chi connectivity index (χ0v) is 12.2. The molecule has 1 heterocycles. The molecule has 0 aliphatic heterocycles. The summed E-state index contributed by atoms with van der Waals surface area (Å²) in [5, 5.41) is 0. The van der Waals surface area contributed by atoms with E-state index in [1.165, 1.54) is 22.0 Å². The molecule has 5 heteroatoms. The number of nitrogens with zero attached hydrogens (tertiary/aromatic N) is 2. The van der Waals surface area contributed by atoms with Gasteiger partial charge in [-0.15, -0.1) is 0 Å². The topological polar surface area (TPSA) is 51.8 Å². The Bertz CT molecular complexity index is 493. The van der Waals surface area contributed by atoms with Gasteiger partial charge in [-0.1, -0.05) is 30.8 Å². The minimum absolute atomic E-state index is 0.259. The first kappa shape index (κ1) is 13.5. The van der Waals surface area contributed by atoms with Gasteiger partial charge in [0.25, 0.3) is 0 Å². The summed E-state index contributed by atoms with van der Waals surface area (Å²) < 4.78 is 5.17. The van der Waals surface area contributed by atoms with Crippen LogP contribution in [0.2, 0.25) is 0 Å². The molecule has 3 nitrogen and oxygen atoms in total. The van der Waals surface area contributed by atoms with Crippen molar-refractivity contribution in [1.82, 2.24) is 9.36 Å². The van der Waals surface area contributed by atoms with Gasteiger partial charge >= 0.3 is 0 Å². The van der Waals surface area contributed by atoms with Crippen molar-refractivity contribution in [2.24, 2.45) is 5.73 Å². The maximum atomic E-state index is 5.95. The number of benzene rings is 1. The van der Waals surface area contributed by atoms with Gasteiger partial charge in [-0.3, -0.25) is 0 Å².